The highest BCUT2D eigenvalue weighted by molar-refractivity contribution is 4.99. The van der Waals surface area contributed by atoms with Crippen molar-refractivity contribution in [3.63, 3.8) is 0 Å². The van der Waals surface area contributed by atoms with E-state index in [1.165, 1.54) is 0 Å². The summed E-state index contributed by atoms with van der Waals surface area (Å²) in [6, 6.07) is 2.46. The van der Waals surface area contributed by atoms with E-state index in [2.05, 4.69) is 24.3 Å². The van der Waals surface area contributed by atoms with Gasteiger partial charge in [0.25, 0.3) is 0 Å². The lowest BCUT2D eigenvalue weighted by atomic mass is 10.0. The lowest BCUT2D eigenvalue weighted by Gasteiger charge is -2.20. The summed E-state index contributed by atoms with van der Waals surface area (Å²) in [7, 11) is 0. The van der Waals surface area contributed by atoms with Gasteiger partial charge in [-0.2, -0.15) is 5.10 Å². The molecule has 2 heterocycles. The summed E-state index contributed by atoms with van der Waals surface area (Å²) < 4.78 is 7.19. The Labute approximate surface area is 108 Å². The van der Waals surface area contributed by atoms with Gasteiger partial charge in [0.1, 0.15) is 5.60 Å². The third kappa shape index (κ3) is 3.31. The second-order valence-corrected chi connectivity index (χ2v) is 5.17. The van der Waals surface area contributed by atoms with E-state index in [9.17, 15) is 5.11 Å². The van der Waals surface area contributed by atoms with Crippen molar-refractivity contribution in [2.45, 2.75) is 44.9 Å². The highest BCUT2D eigenvalue weighted by Gasteiger charge is 2.31. The SMILES string of the molecule is CCC(C)n1ccc(CNCC2(O)CCOC2)n1. The molecule has 0 radical (unpaired) electrons. The monoisotopic (exact) mass is 253 g/mol. The standard InChI is InChI=1S/C13H23N3O2/c1-3-11(2)16-6-4-12(15-16)8-14-9-13(17)5-7-18-10-13/h4,6,11,14,17H,3,5,7-10H2,1-2H3. The van der Waals surface area contributed by atoms with Crippen LogP contribution in [-0.2, 0) is 11.3 Å². The normalized spacial score (nSPS) is 25.5. The van der Waals surface area contributed by atoms with Crippen LogP contribution in [0.2, 0.25) is 0 Å². The van der Waals surface area contributed by atoms with Gasteiger partial charge in [-0.1, -0.05) is 6.92 Å². The number of nitrogens with zero attached hydrogens (tertiary/aromatic N) is 2. The molecule has 5 nitrogen and oxygen atoms in total. The van der Waals surface area contributed by atoms with Gasteiger partial charge in [0, 0.05) is 38.4 Å². The number of hydrogen-bond donors (Lipinski definition) is 2. The van der Waals surface area contributed by atoms with E-state index in [4.69, 9.17) is 4.74 Å². The summed E-state index contributed by atoms with van der Waals surface area (Å²) in [5, 5.41) is 17.8. The van der Waals surface area contributed by atoms with Crippen molar-refractivity contribution in [2.75, 3.05) is 19.8 Å². The van der Waals surface area contributed by atoms with E-state index in [1.54, 1.807) is 0 Å². The number of aliphatic hydroxyl groups is 1. The molecule has 2 rings (SSSR count). The molecule has 1 aromatic rings. The van der Waals surface area contributed by atoms with Crippen molar-refractivity contribution >= 4 is 0 Å². The first kappa shape index (κ1) is 13.5. The van der Waals surface area contributed by atoms with E-state index in [0.717, 1.165) is 12.1 Å². The molecule has 1 saturated heterocycles. The van der Waals surface area contributed by atoms with Crippen LogP contribution in [0.4, 0.5) is 0 Å². The van der Waals surface area contributed by atoms with E-state index in [-0.39, 0.29) is 0 Å². The quantitative estimate of drug-likeness (QED) is 0.797. The van der Waals surface area contributed by atoms with Crippen LogP contribution in [0.25, 0.3) is 0 Å². The van der Waals surface area contributed by atoms with Gasteiger partial charge < -0.3 is 15.2 Å². The number of ether oxygens (including phenoxy) is 1. The van der Waals surface area contributed by atoms with Gasteiger partial charge in [-0.3, -0.25) is 4.68 Å². The number of rotatable bonds is 6. The van der Waals surface area contributed by atoms with Crippen LogP contribution in [0.1, 0.15) is 38.4 Å². The van der Waals surface area contributed by atoms with E-state index >= 15 is 0 Å². The molecule has 0 bridgehead atoms. The predicted octanol–water partition coefficient (Wildman–Crippen LogP) is 1.10. The Hall–Kier alpha value is -0.910. The molecule has 0 aromatic carbocycles. The van der Waals surface area contributed by atoms with Crippen LogP contribution in [0.15, 0.2) is 12.3 Å². The minimum atomic E-state index is -0.695. The fourth-order valence-electron chi connectivity index (χ4n) is 2.06. The first-order chi connectivity index (χ1) is 8.63. The summed E-state index contributed by atoms with van der Waals surface area (Å²) in [5.74, 6) is 0. The minimum Gasteiger partial charge on any atom is -0.386 e. The van der Waals surface area contributed by atoms with Gasteiger partial charge in [0.2, 0.25) is 0 Å². The maximum Gasteiger partial charge on any atom is 0.103 e. The van der Waals surface area contributed by atoms with Crippen molar-refractivity contribution in [2.24, 2.45) is 0 Å². The fourth-order valence-corrected chi connectivity index (χ4v) is 2.06. The van der Waals surface area contributed by atoms with E-state index in [0.29, 0.717) is 38.8 Å². The molecule has 0 spiro atoms. The molecule has 2 unspecified atom stereocenters. The first-order valence-corrected chi connectivity index (χ1v) is 6.68. The molecule has 5 heteroatoms. The largest absolute Gasteiger partial charge is 0.386 e. The summed E-state index contributed by atoms with van der Waals surface area (Å²) >= 11 is 0. The highest BCUT2D eigenvalue weighted by Crippen LogP contribution is 2.17. The second-order valence-electron chi connectivity index (χ2n) is 5.17. The van der Waals surface area contributed by atoms with Gasteiger partial charge in [0.05, 0.1) is 12.3 Å². The topological polar surface area (TPSA) is 59.3 Å². The van der Waals surface area contributed by atoms with Crippen molar-refractivity contribution in [1.82, 2.24) is 15.1 Å². The molecule has 2 atom stereocenters. The molecule has 1 aromatic heterocycles. The average molecular weight is 253 g/mol. The molecule has 2 N–H and O–H groups in total. The zero-order chi connectivity index (χ0) is 13.0. The number of nitrogens with one attached hydrogen (secondary N) is 1. The molecular formula is C13H23N3O2. The van der Waals surface area contributed by atoms with Gasteiger partial charge in [-0.05, 0) is 19.4 Å². The fraction of sp³-hybridized carbons (Fsp3) is 0.769. The van der Waals surface area contributed by atoms with Crippen LogP contribution in [0.5, 0.6) is 0 Å². The Bertz CT molecular complexity index is 372. The second kappa shape index (κ2) is 5.82. The Morgan fingerprint density at radius 1 is 1.67 bits per heavy atom. The van der Waals surface area contributed by atoms with Crippen LogP contribution < -0.4 is 5.32 Å². The van der Waals surface area contributed by atoms with E-state index in [1.807, 2.05) is 16.9 Å². The lowest BCUT2D eigenvalue weighted by molar-refractivity contribution is 0.0268. The average Bonchev–Trinajstić information content (AvgIpc) is 2.98. The first-order valence-electron chi connectivity index (χ1n) is 6.68. The third-order valence-corrected chi connectivity index (χ3v) is 3.55. The molecule has 18 heavy (non-hydrogen) atoms. The molecule has 0 aliphatic carbocycles. The number of hydrogen-bond acceptors (Lipinski definition) is 4. The molecule has 0 saturated carbocycles. The molecular weight excluding hydrogens is 230 g/mol. The molecule has 102 valence electrons. The van der Waals surface area contributed by atoms with Gasteiger partial charge in [-0.15, -0.1) is 0 Å². The summed E-state index contributed by atoms with van der Waals surface area (Å²) in [5.41, 5.74) is 0.317. The zero-order valence-electron chi connectivity index (χ0n) is 11.2. The van der Waals surface area contributed by atoms with Crippen molar-refractivity contribution in [3.8, 4) is 0 Å². The summed E-state index contributed by atoms with van der Waals surface area (Å²) in [6.07, 6.45) is 3.80. The van der Waals surface area contributed by atoms with Crippen molar-refractivity contribution in [1.29, 1.82) is 0 Å². The Balaban J connectivity index is 1.78. The number of aromatic nitrogens is 2. The summed E-state index contributed by atoms with van der Waals surface area (Å²) in [6.45, 7) is 6.64. The van der Waals surface area contributed by atoms with Crippen LogP contribution >= 0.6 is 0 Å². The molecule has 1 aliphatic rings. The Morgan fingerprint density at radius 2 is 2.50 bits per heavy atom. The van der Waals surface area contributed by atoms with Crippen LogP contribution in [0.3, 0.4) is 0 Å². The molecule has 0 amide bonds. The third-order valence-electron chi connectivity index (χ3n) is 3.55. The van der Waals surface area contributed by atoms with Crippen molar-refractivity contribution < 1.29 is 9.84 Å². The Kier molecular flexibility index (Phi) is 4.37. The van der Waals surface area contributed by atoms with Gasteiger partial charge in [0.15, 0.2) is 0 Å². The molecule has 1 fully saturated rings. The van der Waals surface area contributed by atoms with E-state index < -0.39 is 5.60 Å². The van der Waals surface area contributed by atoms with Crippen LogP contribution in [-0.4, -0.2) is 40.2 Å². The lowest BCUT2D eigenvalue weighted by Crippen LogP contribution is -2.40. The maximum atomic E-state index is 10.1. The maximum absolute atomic E-state index is 10.1. The van der Waals surface area contributed by atoms with Crippen LogP contribution in [0, 0.1) is 0 Å². The van der Waals surface area contributed by atoms with Crippen molar-refractivity contribution in [3.05, 3.63) is 18.0 Å². The predicted molar refractivity (Wildman–Crippen MR) is 69.3 cm³/mol. The van der Waals surface area contributed by atoms with Gasteiger partial charge in [-0.25, -0.2) is 0 Å². The summed E-state index contributed by atoms with van der Waals surface area (Å²) in [4.78, 5) is 0. The zero-order valence-corrected chi connectivity index (χ0v) is 11.2. The highest BCUT2D eigenvalue weighted by atomic mass is 16.5. The Morgan fingerprint density at radius 3 is 3.17 bits per heavy atom. The minimum absolute atomic E-state index is 0.432. The van der Waals surface area contributed by atoms with Gasteiger partial charge >= 0.3 is 0 Å². The smallest absolute Gasteiger partial charge is 0.103 e. The molecule has 1 aliphatic heterocycles.